The molecule has 3 atom stereocenters. The molecule has 2 aliphatic rings. The van der Waals surface area contributed by atoms with Crippen LogP contribution in [-0.4, -0.2) is 12.9 Å². The molecule has 1 aromatic carbocycles. The minimum absolute atomic E-state index is 0.0348. The molecule has 1 aliphatic heterocycles. The van der Waals surface area contributed by atoms with Gasteiger partial charge in [-0.1, -0.05) is 38.1 Å². The first-order chi connectivity index (χ1) is 7.75. The van der Waals surface area contributed by atoms with Crippen LogP contribution in [0, 0.1) is 11.8 Å². The van der Waals surface area contributed by atoms with Gasteiger partial charge >= 0.3 is 0 Å². The normalized spacial score (nSPS) is 32.6. The average molecular weight is 218 g/mol. The highest BCUT2D eigenvalue weighted by molar-refractivity contribution is 5.35. The van der Waals surface area contributed by atoms with Gasteiger partial charge < -0.3 is 9.47 Å². The van der Waals surface area contributed by atoms with E-state index in [1.165, 1.54) is 11.1 Å². The predicted octanol–water partition coefficient (Wildman–Crippen LogP) is 2.93. The molecule has 0 unspecified atom stereocenters. The van der Waals surface area contributed by atoms with Gasteiger partial charge in [-0.3, -0.25) is 0 Å². The molecular formula is C14H18O2. The van der Waals surface area contributed by atoms with E-state index in [0.717, 1.165) is 13.0 Å². The van der Waals surface area contributed by atoms with E-state index in [4.69, 9.17) is 9.47 Å². The quantitative estimate of drug-likeness (QED) is 0.721. The van der Waals surface area contributed by atoms with Crippen molar-refractivity contribution in [1.82, 2.24) is 0 Å². The minimum Gasteiger partial charge on any atom is -0.352 e. The van der Waals surface area contributed by atoms with E-state index >= 15 is 0 Å². The van der Waals surface area contributed by atoms with E-state index in [1.54, 1.807) is 0 Å². The van der Waals surface area contributed by atoms with Crippen molar-refractivity contribution in [1.29, 1.82) is 0 Å². The van der Waals surface area contributed by atoms with Crippen molar-refractivity contribution < 1.29 is 9.47 Å². The Kier molecular flexibility index (Phi) is 2.49. The number of rotatable bonds is 1. The summed E-state index contributed by atoms with van der Waals surface area (Å²) in [5, 5.41) is 0. The third-order valence-corrected chi connectivity index (χ3v) is 3.57. The number of ether oxygens (including phenoxy) is 2. The maximum Gasteiger partial charge on any atom is 0.160 e. The van der Waals surface area contributed by atoms with Gasteiger partial charge in [0.05, 0.1) is 12.7 Å². The van der Waals surface area contributed by atoms with E-state index in [-0.39, 0.29) is 12.4 Å². The molecule has 0 aromatic heterocycles. The summed E-state index contributed by atoms with van der Waals surface area (Å²) in [5.41, 5.74) is 2.81. The highest BCUT2D eigenvalue weighted by atomic mass is 16.7. The number of hydrogen-bond donors (Lipinski definition) is 0. The first-order valence-corrected chi connectivity index (χ1v) is 6.10. The standard InChI is InChI=1S/C14H18O2/c1-9(2)14-15-8-11-7-10-5-3-4-6-12(10)13(11)16-14/h3-6,9,11,13-14H,7-8H2,1-2H3/t11-,13+,14-/m1/s1. The molecule has 1 heterocycles. The highest BCUT2D eigenvalue weighted by Crippen LogP contribution is 2.43. The van der Waals surface area contributed by atoms with Gasteiger partial charge in [0, 0.05) is 11.8 Å². The van der Waals surface area contributed by atoms with Crippen molar-refractivity contribution >= 4 is 0 Å². The summed E-state index contributed by atoms with van der Waals surface area (Å²) in [6.07, 6.45) is 1.33. The summed E-state index contributed by atoms with van der Waals surface area (Å²) < 4.78 is 11.8. The zero-order valence-corrected chi connectivity index (χ0v) is 9.85. The third-order valence-electron chi connectivity index (χ3n) is 3.57. The molecule has 1 saturated heterocycles. The van der Waals surface area contributed by atoms with Crippen molar-refractivity contribution in [3.63, 3.8) is 0 Å². The number of fused-ring (bicyclic) bond motifs is 3. The first kappa shape index (κ1) is 10.3. The highest BCUT2D eigenvalue weighted by Gasteiger charge is 2.39. The molecule has 1 aromatic rings. The van der Waals surface area contributed by atoms with Crippen LogP contribution >= 0.6 is 0 Å². The Hall–Kier alpha value is -0.860. The van der Waals surface area contributed by atoms with Gasteiger partial charge in [0.1, 0.15) is 0 Å². The van der Waals surface area contributed by atoms with Gasteiger partial charge in [-0.15, -0.1) is 0 Å². The molecule has 1 fully saturated rings. The third kappa shape index (κ3) is 1.57. The first-order valence-electron chi connectivity index (χ1n) is 6.10. The molecule has 2 heteroatoms. The van der Waals surface area contributed by atoms with Crippen molar-refractivity contribution in [2.75, 3.05) is 6.61 Å². The summed E-state index contributed by atoms with van der Waals surface area (Å²) >= 11 is 0. The lowest BCUT2D eigenvalue weighted by Gasteiger charge is -2.35. The van der Waals surface area contributed by atoms with E-state index in [0.29, 0.717) is 11.8 Å². The van der Waals surface area contributed by atoms with Gasteiger partial charge in [-0.25, -0.2) is 0 Å². The maximum atomic E-state index is 6.08. The van der Waals surface area contributed by atoms with Crippen LogP contribution in [0.5, 0.6) is 0 Å². The fraction of sp³-hybridized carbons (Fsp3) is 0.571. The van der Waals surface area contributed by atoms with E-state index < -0.39 is 0 Å². The second-order valence-corrected chi connectivity index (χ2v) is 5.17. The molecule has 0 N–H and O–H groups in total. The van der Waals surface area contributed by atoms with Crippen LogP contribution in [0.2, 0.25) is 0 Å². The zero-order valence-electron chi connectivity index (χ0n) is 9.85. The topological polar surface area (TPSA) is 18.5 Å². The van der Waals surface area contributed by atoms with Crippen LogP contribution in [0.25, 0.3) is 0 Å². The van der Waals surface area contributed by atoms with E-state index in [9.17, 15) is 0 Å². The zero-order chi connectivity index (χ0) is 11.1. The summed E-state index contributed by atoms with van der Waals surface area (Å²) in [7, 11) is 0. The van der Waals surface area contributed by atoms with Crippen LogP contribution in [0.1, 0.15) is 31.1 Å². The lowest BCUT2D eigenvalue weighted by Crippen LogP contribution is -2.35. The SMILES string of the molecule is CC(C)[C@@H]1OC[C@H]2Cc3ccccc3[C@H]2O1. The summed E-state index contributed by atoms with van der Waals surface area (Å²) in [4.78, 5) is 0. The Morgan fingerprint density at radius 1 is 1.25 bits per heavy atom. The fourth-order valence-corrected chi connectivity index (χ4v) is 2.72. The van der Waals surface area contributed by atoms with Crippen LogP contribution in [0.4, 0.5) is 0 Å². The summed E-state index contributed by atoms with van der Waals surface area (Å²) in [6, 6.07) is 8.62. The van der Waals surface area contributed by atoms with Gasteiger partial charge in [-0.05, 0) is 17.5 Å². The molecule has 0 saturated carbocycles. The molecule has 3 rings (SSSR count). The molecule has 0 spiro atoms. The lowest BCUT2D eigenvalue weighted by molar-refractivity contribution is -0.251. The molecule has 16 heavy (non-hydrogen) atoms. The van der Waals surface area contributed by atoms with E-state index in [2.05, 4.69) is 38.1 Å². The Morgan fingerprint density at radius 2 is 2.06 bits per heavy atom. The van der Waals surface area contributed by atoms with Crippen LogP contribution in [0.3, 0.4) is 0 Å². The molecule has 1 aliphatic carbocycles. The monoisotopic (exact) mass is 218 g/mol. The number of hydrogen-bond acceptors (Lipinski definition) is 2. The molecule has 2 nitrogen and oxygen atoms in total. The molecule has 0 amide bonds. The largest absolute Gasteiger partial charge is 0.352 e. The second kappa shape index (κ2) is 3.86. The van der Waals surface area contributed by atoms with Crippen molar-refractivity contribution in [3.05, 3.63) is 35.4 Å². The Labute approximate surface area is 96.6 Å². The minimum atomic E-state index is -0.0348. The van der Waals surface area contributed by atoms with Gasteiger partial charge in [0.2, 0.25) is 0 Å². The second-order valence-electron chi connectivity index (χ2n) is 5.17. The average Bonchev–Trinajstić information content (AvgIpc) is 2.66. The predicted molar refractivity (Wildman–Crippen MR) is 62.0 cm³/mol. The summed E-state index contributed by atoms with van der Waals surface area (Å²) in [6.45, 7) is 5.12. The Balaban J connectivity index is 1.87. The lowest BCUT2D eigenvalue weighted by atomic mass is 10.0. The van der Waals surface area contributed by atoms with Crippen LogP contribution in [-0.2, 0) is 15.9 Å². The van der Waals surface area contributed by atoms with Gasteiger partial charge in [0.15, 0.2) is 6.29 Å². The number of benzene rings is 1. The fourth-order valence-electron chi connectivity index (χ4n) is 2.72. The Morgan fingerprint density at radius 3 is 2.88 bits per heavy atom. The molecule has 0 bridgehead atoms. The summed E-state index contributed by atoms with van der Waals surface area (Å²) in [5.74, 6) is 0.945. The molecule has 86 valence electrons. The van der Waals surface area contributed by atoms with E-state index in [1.807, 2.05) is 0 Å². The van der Waals surface area contributed by atoms with Crippen LogP contribution < -0.4 is 0 Å². The molecular weight excluding hydrogens is 200 g/mol. The van der Waals surface area contributed by atoms with Gasteiger partial charge in [-0.2, -0.15) is 0 Å². The van der Waals surface area contributed by atoms with Crippen molar-refractivity contribution in [2.45, 2.75) is 32.7 Å². The molecule has 0 radical (unpaired) electrons. The van der Waals surface area contributed by atoms with Gasteiger partial charge in [0.25, 0.3) is 0 Å². The van der Waals surface area contributed by atoms with Crippen LogP contribution in [0.15, 0.2) is 24.3 Å². The van der Waals surface area contributed by atoms with Crippen molar-refractivity contribution in [2.24, 2.45) is 11.8 Å². The maximum absolute atomic E-state index is 6.08. The van der Waals surface area contributed by atoms with Crippen molar-refractivity contribution in [3.8, 4) is 0 Å². The Bertz CT molecular complexity index is 386. The smallest absolute Gasteiger partial charge is 0.160 e.